The highest BCUT2D eigenvalue weighted by atomic mass is 35.5. The van der Waals surface area contributed by atoms with Crippen LogP contribution in [0.2, 0.25) is 5.02 Å². The molecule has 102 valence electrons. The summed E-state index contributed by atoms with van der Waals surface area (Å²) in [5.41, 5.74) is 5.50. The molecule has 4 N–H and O–H groups in total. The Hall–Kier alpha value is -1.86. The Morgan fingerprint density at radius 1 is 1.42 bits per heavy atom. The molecule has 2 amide bonds. The number of benzene rings is 1. The van der Waals surface area contributed by atoms with Gasteiger partial charge in [-0.1, -0.05) is 23.8 Å². The topological polar surface area (TPSA) is 93.4 Å². The normalized spacial score (nSPS) is 9.58. The van der Waals surface area contributed by atoms with Gasteiger partial charge in [0.15, 0.2) is 0 Å². The van der Waals surface area contributed by atoms with E-state index in [1.165, 1.54) is 13.2 Å². The summed E-state index contributed by atoms with van der Waals surface area (Å²) in [4.78, 5) is 23.1. The van der Waals surface area contributed by atoms with E-state index in [4.69, 9.17) is 22.1 Å². The summed E-state index contributed by atoms with van der Waals surface area (Å²) in [6.45, 7) is -0.0474. The lowest BCUT2D eigenvalue weighted by Crippen LogP contribution is -2.39. The monoisotopic (exact) mass is 301 g/mol. The lowest BCUT2D eigenvalue weighted by molar-refractivity contribution is -0.135. The number of anilines is 1. The number of nitrogens with two attached hydrogens (primary N) is 1. The van der Waals surface area contributed by atoms with E-state index < -0.39 is 11.8 Å². The van der Waals surface area contributed by atoms with Crippen LogP contribution in [0.1, 0.15) is 0 Å². The summed E-state index contributed by atoms with van der Waals surface area (Å²) in [5, 5.41) is 5.05. The first kappa shape index (κ1) is 15.2. The molecule has 0 unspecified atom stereocenters. The number of rotatable bonds is 4. The summed E-state index contributed by atoms with van der Waals surface area (Å²) < 4.78 is 5.03. The molecule has 19 heavy (non-hydrogen) atoms. The molecule has 0 atom stereocenters. The van der Waals surface area contributed by atoms with E-state index in [0.717, 1.165) is 0 Å². The van der Waals surface area contributed by atoms with Gasteiger partial charge in [0.25, 0.3) is 0 Å². The molecule has 0 aliphatic carbocycles. The van der Waals surface area contributed by atoms with Crippen LogP contribution < -0.4 is 21.1 Å². The molecule has 0 spiro atoms. The number of nitrogens with one attached hydrogen (secondary N) is 2. The summed E-state index contributed by atoms with van der Waals surface area (Å²) in [6.07, 6.45) is 0. The van der Waals surface area contributed by atoms with E-state index in [9.17, 15) is 9.59 Å². The molecule has 0 aromatic heterocycles. The molecule has 0 radical (unpaired) electrons. The molecule has 1 aromatic carbocycles. The quantitative estimate of drug-likeness (QED) is 0.562. The van der Waals surface area contributed by atoms with Gasteiger partial charge >= 0.3 is 11.8 Å². The SMILES string of the molecule is COc1ccc(Cl)cc1NC(=O)C(=O)NCC(N)=S. The Labute approximate surface area is 120 Å². The standard InChI is InChI=1S/C11H12ClN3O3S/c1-18-8-3-2-6(12)4-7(8)15-11(17)10(16)14-5-9(13)19/h2-4H,5H2,1H3,(H2,13,19)(H,14,16)(H,15,17). The first-order valence-electron chi connectivity index (χ1n) is 5.15. The molecule has 1 rings (SSSR count). The molecule has 0 bridgehead atoms. The fourth-order valence-corrected chi connectivity index (χ4v) is 1.45. The molecule has 6 nitrogen and oxygen atoms in total. The van der Waals surface area contributed by atoms with Crippen LogP contribution in [0.15, 0.2) is 18.2 Å². The smallest absolute Gasteiger partial charge is 0.313 e. The maximum absolute atomic E-state index is 11.6. The number of amides is 2. The maximum atomic E-state index is 11.6. The van der Waals surface area contributed by atoms with Crippen molar-refractivity contribution in [2.24, 2.45) is 5.73 Å². The lowest BCUT2D eigenvalue weighted by Gasteiger charge is -2.10. The van der Waals surface area contributed by atoms with Crippen molar-refractivity contribution in [3.05, 3.63) is 23.2 Å². The van der Waals surface area contributed by atoms with Gasteiger partial charge in [-0.05, 0) is 18.2 Å². The number of methoxy groups -OCH3 is 1. The van der Waals surface area contributed by atoms with Crippen LogP contribution in [-0.2, 0) is 9.59 Å². The highest BCUT2D eigenvalue weighted by molar-refractivity contribution is 7.80. The van der Waals surface area contributed by atoms with Crippen molar-refractivity contribution in [2.45, 2.75) is 0 Å². The summed E-state index contributed by atoms with van der Waals surface area (Å²) in [6, 6.07) is 4.65. The van der Waals surface area contributed by atoms with Gasteiger partial charge in [0.05, 0.1) is 24.3 Å². The zero-order valence-electron chi connectivity index (χ0n) is 10.0. The maximum Gasteiger partial charge on any atom is 0.313 e. The highest BCUT2D eigenvalue weighted by Gasteiger charge is 2.15. The third-order valence-corrected chi connectivity index (χ3v) is 2.42. The molecule has 0 aliphatic heterocycles. The van der Waals surface area contributed by atoms with Crippen LogP contribution in [-0.4, -0.2) is 30.5 Å². The van der Waals surface area contributed by atoms with Gasteiger partial charge in [-0.3, -0.25) is 9.59 Å². The van der Waals surface area contributed by atoms with E-state index in [1.54, 1.807) is 12.1 Å². The fraction of sp³-hybridized carbons (Fsp3) is 0.182. The molecule has 0 aliphatic rings. The van der Waals surface area contributed by atoms with Crippen molar-refractivity contribution in [2.75, 3.05) is 19.0 Å². The minimum atomic E-state index is -0.864. The zero-order chi connectivity index (χ0) is 14.4. The van der Waals surface area contributed by atoms with Crippen LogP contribution in [0.5, 0.6) is 5.75 Å². The summed E-state index contributed by atoms with van der Waals surface area (Å²) in [7, 11) is 1.44. The van der Waals surface area contributed by atoms with Gasteiger partial charge in [-0.25, -0.2) is 0 Å². The average molecular weight is 302 g/mol. The molecule has 8 heteroatoms. The molecular weight excluding hydrogens is 290 g/mol. The van der Waals surface area contributed by atoms with E-state index >= 15 is 0 Å². The molecule has 0 fully saturated rings. The first-order chi connectivity index (χ1) is 8.93. The van der Waals surface area contributed by atoms with Crippen molar-refractivity contribution in [3.63, 3.8) is 0 Å². The van der Waals surface area contributed by atoms with Gasteiger partial charge in [-0.15, -0.1) is 0 Å². The molecule has 0 saturated heterocycles. The van der Waals surface area contributed by atoms with Crippen molar-refractivity contribution in [3.8, 4) is 5.75 Å². The number of hydrogen-bond acceptors (Lipinski definition) is 4. The van der Waals surface area contributed by atoms with E-state index in [-0.39, 0.29) is 11.5 Å². The Kier molecular flexibility index (Phi) is 5.53. The van der Waals surface area contributed by atoms with Gasteiger partial charge in [0, 0.05) is 5.02 Å². The van der Waals surface area contributed by atoms with Crippen molar-refractivity contribution in [1.82, 2.24) is 5.32 Å². The minimum absolute atomic E-state index is 0.0474. The Balaban J connectivity index is 2.73. The molecule has 0 heterocycles. The van der Waals surface area contributed by atoms with Crippen molar-refractivity contribution in [1.29, 1.82) is 0 Å². The van der Waals surface area contributed by atoms with Crippen molar-refractivity contribution >= 4 is 46.3 Å². The third-order valence-electron chi connectivity index (χ3n) is 2.04. The van der Waals surface area contributed by atoms with Crippen molar-refractivity contribution < 1.29 is 14.3 Å². The molecular formula is C11H12ClN3O3S. The number of ether oxygens (including phenoxy) is 1. The number of carbonyl (C=O) groups excluding carboxylic acids is 2. The predicted molar refractivity (Wildman–Crippen MR) is 76.4 cm³/mol. The summed E-state index contributed by atoms with van der Waals surface area (Å²) >= 11 is 10.4. The second kappa shape index (κ2) is 6.91. The number of thiocarbonyl (C=S) groups is 1. The number of carbonyl (C=O) groups is 2. The van der Waals surface area contributed by atoms with Crippen LogP contribution in [0.4, 0.5) is 5.69 Å². The molecule has 1 aromatic rings. The molecule has 0 saturated carbocycles. The lowest BCUT2D eigenvalue weighted by atomic mass is 10.3. The first-order valence-corrected chi connectivity index (χ1v) is 5.93. The van der Waals surface area contributed by atoms with Gasteiger partial charge < -0.3 is 21.1 Å². The Bertz CT molecular complexity index is 522. The highest BCUT2D eigenvalue weighted by Crippen LogP contribution is 2.27. The largest absolute Gasteiger partial charge is 0.495 e. The predicted octanol–water partition coefficient (Wildman–Crippen LogP) is 0.689. The third kappa shape index (κ3) is 4.72. The van der Waals surface area contributed by atoms with Gasteiger partial charge in [0.2, 0.25) is 0 Å². The van der Waals surface area contributed by atoms with Crippen LogP contribution >= 0.6 is 23.8 Å². The fourth-order valence-electron chi connectivity index (χ4n) is 1.20. The second-order valence-corrected chi connectivity index (χ2v) is 4.41. The number of hydrogen-bond donors (Lipinski definition) is 3. The average Bonchev–Trinajstić information content (AvgIpc) is 2.36. The summed E-state index contributed by atoms with van der Waals surface area (Å²) in [5.74, 6) is -1.33. The van der Waals surface area contributed by atoms with Gasteiger partial charge in [0.1, 0.15) is 5.75 Å². The Morgan fingerprint density at radius 2 is 2.11 bits per heavy atom. The van der Waals surface area contributed by atoms with Crippen LogP contribution in [0.25, 0.3) is 0 Å². The van der Waals surface area contributed by atoms with Gasteiger partial charge in [-0.2, -0.15) is 0 Å². The van der Waals surface area contributed by atoms with E-state index in [1.807, 2.05) is 0 Å². The van der Waals surface area contributed by atoms with Crippen LogP contribution in [0.3, 0.4) is 0 Å². The van der Waals surface area contributed by atoms with E-state index in [0.29, 0.717) is 16.5 Å². The Morgan fingerprint density at radius 3 is 2.68 bits per heavy atom. The van der Waals surface area contributed by atoms with Crippen LogP contribution in [0, 0.1) is 0 Å². The van der Waals surface area contributed by atoms with E-state index in [2.05, 4.69) is 22.9 Å². The second-order valence-electron chi connectivity index (χ2n) is 3.45. The zero-order valence-corrected chi connectivity index (χ0v) is 11.6. The minimum Gasteiger partial charge on any atom is -0.495 e. The number of halogens is 1.